The first kappa shape index (κ1) is 17.2. The highest BCUT2D eigenvalue weighted by Crippen LogP contribution is 2.30. The van der Waals surface area contributed by atoms with Crippen LogP contribution in [0.15, 0.2) is 72.8 Å². The van der Waals surface area contributed by atoms with Crippen molar-refractivity contribution in [3.63, 3.8) is 0 Å². The van der Waals surface area contributed by atoms with Crippen LogP contribution in [0.3, 0.4) is 0 Å². The third-order valence-electron chi connectivity index (χ3n) is 4.68. The minimum atomic E-state index is -0.797. The monoisotopic (exact) mass is 360 g/mol. The molecular weight excluding hydrogens is 342 g/mol. The number of benzene rings is 3. The number of hydrogen-bond donors (Lipinski definition) is 1. The number of nitrogens with zero attached hydrogens (tertiary/aromatic N) is 1. The Balaban J connectivity index is 1.83. The quantitative estimate of drug-likeness (QED) is 0.538. The molecule has 0 atom stereocenters. The molecule has 3 aromatic carbocycles. The van der Waals surface area contributed by atoms with Gasteiger partial charge in [0.05, 0.1) is 11.1 Å². The van der Waals surface area contributed by atoms with Crippen molar-refractivity contribution in [2.24, 2.45) is 0 Å². The number of rotatable bonds is 4. The molecule has 0 aliphatic rings. The molecule has 0 amide bonds. The van der Waals surface area contributed by atoms with Crippen LogP contribution in [-0.2, 0) is 12.8 Å². The van der Waals surface area contributed by atoms with Crippen LogP contribution in [0, 0.1) is 11.6 Å². The van der Waals surface area contributed by atoms with Gasteiger partial charge in [0, 0.05) is 18.2 Å². The second-order valence-electron chi connectivity index (χ2n) is 6.54. The average molecular weight is 360 g/mol. The van der Waals surface area contributed by atoms with Crippen LogP contribution in [-0.4, -0.2) is 4.98 Å². The molecule has 0 unspecified atom stereocenters. The van der Waals surface area contributed by atoms with Gasteiger partial charge in [0.1, 0.15) is 5.82 Å². The minimum Gasteiger partial charge on any atom is -0.381 e. The summed E-state index contributed by atoms with van der Waals surface area (Å²) in [5.74, 6) is -1.64. The highest BCUT2D eigenvalue weighted by molar-refractivity contribution is 5.89. The molecule has 0 aliphatic carbocycles. The van der Waals surface area contributed by atoms with E-state index in [1.807, 2.05) is 60.7 Å². The molecule has 0 fully saturated rings. The zero-order valence-electron chi connectivity index (χ0n) is 14.6. The summed E-state index contributed by atoms with van der Waals surface area (Å²) in [7, 11) is 0. The van der Waals surface area contributed by atoms with Crippen molar-refractivity contribution in [2.75, 3.05) is 5.73 Å². The van der Waals surface area contributed by atoms with Crippen molar-refractivity contribution in [3.8, 4) is 0 Å². The van der Waals surface area contributed by atoms with Crippen LogP contribution in [0.25, 0.3) is 10.8 Å². The lowest BCUT2D eigenvalue weighted by molar-refractivity contribution is 0.599. The van der Waals surface area contributed by atoms with E-state index in [9.17, 15) is 4.39 Å². The van der Waals surface area contributed by atoms with E-state index in [1.54, 1.807) is 12.1 Å². The fourth-order valence-corrected chi connectivity index (χ4v) is 3.33. The van der Waals surface area contributed by atoms with Gasteiger partial charge in [0.15, 0.2) is 11.6 Å². The molecule has 0 spiro atoms. The van der Waals surface area contributed by atoms with Crippen molar-refractivity contribution in [1.29, 1.82) is 0 Å². The standard InChI is InChI=1S/C23H18F2N2/c24-21-17(13-15-7-3-1-4-8-15)11-12-18-19(14-16-9-5-2-6-10-16)27-23(26)22(25)20(18)21/h1-12H,13-14H2,(H2,26,27). The van der Waals surface area contributed by atoms with Gasteiger partial charge < -0.3 is 5.73 Å². The lowest BCUT2D eigenvalue weighted by Crippen LogP contribution is -2.05. The molecule has 1 heterocycles. The third kappa shape index (κ3) is 3.38. The first-order valence-corrected chi connectivity index (χ1v) is 8.76. The van der Waals surface area contributed by atoms with E-state index in [-0.39, 0.29) is 11.2 Å². The molecule has 0 saturated heterocycles. The van der Waals surface area contributed by atoms with Gasteiger partial charge >= 0.3 is 0 Å². The summed E-state index contributed by atoms with van der Waals surface area (Å²) in [6.45, 7) is 0. The predicted octanol–water partition coefficient (Wildman–Crippen LogP) is 5.28. The Labute approximate surface area is 156 Å². The highest BCUT2D eigenvalue weighted by Gasteiger charge is 2.18. The molecule has 0 bridgehead atoms. The highest BCUT2D eigenvalue weighted by atomic mass is 19.1. The first-order valence-electron chi connectivity index (χ1n) is 8.76. The van der Waals surface area contributed by atoms with Gasteiger partial charge in [-0.2, -0.15) is 0 Å². The Morgan fingerprint density at radius 3 is 1.93 bits per heavy atom. The number of hydrogen-bond acceptors (Lipinski definition) is 2. The van der Waals surface area contributed by atoms with Crippen LogP contribution in [0.4, 0.5) is 14.6 Å². The number of halogens is 2. The summed E-state index contributed by atoms with van der Waals surface area (Å²) in [6.07, 6.45) is 0.845. The molecule has 0 aliphatic heterocycles. The number of pyridine rings is 1. The fourth-order valence-electron chi connectivity index (χ4n) is 3.33. The Morgan fingerprint density at radius 2 is 1.30 bits per heavy atom. The summed E-state index contributed by atoms with van der Waals surface area (Å²) in [6, 6.07) is 22.6. The molecular formula is C23H18F2N2. The van der Waals surface area contributed by atoms with E-state index in [4.69, 9.17) is 5.73 Å². The summed E-state index contributed by atoms with van der Waals surface area (Å²) < 4.78 is 29.9. The van der Waals surface area contributed by atoms with Gasteiger partial charge in [0.25, 0.3) is 0 Å². The van der Waals surface area contributed by atoms with Crippen LogP contribution < -0.4 is 5.73 Å². The van der Waals surface area contributed by atoms with E-state index in [0.717, 1.165) is 11.1 Å². The summed E-state index contributed by atoms with van der Waals surface area (Å²) in [4.78, 5) is 4.19. The number of fused-ring (bicyclic) bond motifs is 1. The molecule has 4 heteroatoms. The Bertz CT molecular complexity index is 1090. The van der Waals surface area contributed by atoms with Crippen molar-refractivity contribution in [2.45, 2.75) is 12.8 Å². The van der Waals surface area contributed by atoms with E-state index in [0.29, 0.717) is 29.5 Å². The van der Waals surface area contributed by atoms with E-state index < -0.39 is 11.6 Å². The lowest BCUT2D eigenvalue weighted by Gasteiger charge is -2.13. The summed E-state index contributed by atoms with van der Waals surface area (Å²) in [5.41, 5.74) is 8.73. The summed E-state index contributed by atoms with van der Waals surface area (Å²) in [5, 5.41) is 0.377. The van der Waals surface area contributed by atoms with E-state index in [2.05, 4.69) is 4.98 Å². The molecule has 4 rings (SSSR count). The molecule has 4 aromatic rings. The van der Waals surface area contributed by atoms with Gasteiger partial charge in [0.2, 0.25) is 0 Å². The summed E-state index contributed by atoms with van der Waals surface area (Å²) >= 11 is 0. The minimum absolute atomic E-state index is 0.0816. The van der Waals surface area contributed by atoms with Crippen molar-refractivity contribution in [3.05, 3.63) is 107 Å². The van der Waals surface area contributed by atoms with E-state index >= 15 is 4.39 Å². The number of aromatic nitrogens is 1. The zero-order valence-corrected chi connectivity index (χ0v) is 14.6. The molecule has 0 saturated carbocycles. The predicted molar refractivity (Wildman–Crippen MR) is 105 cm³/mol. The van der Waals surface area contributed by atoms with Gasteiger partial charge in [-0.3, -0.25) is 0 Å². The number of nitrogens with two attached hydrogens (primary N) is 1. The SMILES string of the molecule is Nc1nc(Cc2ccccc2)c2ccc(Cc3ccccc3)c(F)c2c1F. The molecule has 2 nitrogen and oxygen atoms in total. The second-order valence-corrected chi connectivity index (χ2v) is 6.54. The smallest absolute Gasteiger partial charge is 0.176 e. The maximum absolute atomic E-state index is 15.2. The van der Waals surface area contributed by atoms with Crippen molar-refractivity contribution in [1.82, 2.24) is 4.98 Å². The van der Waals surface area contributed by atoms with Crippen LogP contribution in [0.5, 0.6) is 0 Å². The number of anilines is 1. The molecule has 27 heavy (non-hydrogen) atoms. The maximum Gasteiger partial charge on any atom is 0.176 e. The van der Waals surface area contributed by atoms with Gasteiger partial charge in [-0.05, 0) is 16.7 Å². The van der Waals surface area contributed by atoms with Crippen molar-refractivity contribution < 1.29 is 8.78 Å². The zero-order chi connectivity index (χ0) is 18.8. The van der Waals surface area contributed by atoms with Crippen molar-refractivity contribution >= 4 is 16.6 Å². The van der Waals surface area contributed by atoms with Crippen LogP contribution in [0.1, 0.15) is 22.4 Å². The third-order valence-corrected chi connectivity index (χ3v) is 4.68. The topological polar surface area (TPSA) is 38.9 Å². The largest absolute Gasteiger partial charge is 0.381 e. The van der Waals surface area contributed by atoms with Gasteiger partial charge in [-0.25, -0.2) is 13.8 Å². The van der Waals surface area contributed by atoms with Crippen LogP contribution in [0.2, 0.25) is 0 Å². The average Bonchev–Trinajstić information content (AvgIpc) is 2.69. The van der Waals surface area contributed by atoms with Gasteiger partial charge in [-0.1, -0.05) is 72.8 Å². The number of nitrogen functional groups attached to an aromatic ring is 1. The first-order chi connectivity index (χ1) is 13.1. The Kier molecular flexibility index (Phi) is 4.55. The molecule has 134 valence electrons. The normalized spacial score (nSPS) is 11.0. The van der Waals surface area contributed by atoms with Gasteiger partial charge in [-0.15, -0.1) is 0 Å². The van der Waals surface area contributed by atoms with Crippen LogP contribution >= 0.6 is 0 Å². The second kappa shape index (κ2) is 7.16. The fraction of sp³-hybridized carbons (Fsp3) is 0.0870. The molecule has 1 aromatic heterocycles. The van der Waals surface area contributed by atoms with E-state index in [1.165, 1.54) is 0 Å². The molecule has 2 N–H and O–H groups in total. The Morgan fingerprint density at radius 1 is 0.704 bits per heavy atom. The lowest BCUT2D eigenvalue weighted by atomic mass is 9.97. The molecule has 0 radical (unpaired) electrons. The maximum atomic E-state index is 15.2. The Hall–Kier alpha value is -3.27.